The van der Waals surface area contributed by atoms with Crippen molar-refractivity contribution >= 4 is 33.8 Å². The van der Waals surface area contributed by atoms with Crippen molar-refractivity contribution in [2.24, 2.45) is 0 Å². The third kappa shape index (κ3) is 2.31. The summed E-state index contributed by atoms with van der Waals surface area (Å²) < 4.78 is 27.5. The van der Waals surface area contributed by atoms with Gasteiger partial charge in [0.05, 0.1) is 10.6 Å². The minimum atomic E-state index is -0.641. The molecule has 0 aliphatic heterocycles. The Morgan fingerprint density at radius 1 is 1.17 bits per heavy atom. The second-order valence-corrected chi connectivity index (χ2v) is 4.81. The average Bonchev–Trinajstić information content (AvgIpc) is 2.37. The molecule has 5 heteroatoms. The number of hydrogen-bond acceptors (Lipinski definition) is 1. The van der Waals surface area contributed by atoms with Gasteiger partial charge in [-0.15, -0.1) is 0 Å². The van der Waals surface area contributed by atoms with Crippen LogP contribution in [0.5, 0.6) is 0 Å². The fraction of sp³-hybridized carbons (Fsp3) is 0. The van der Waals surface area contributed by atoms with Gasteiger partial charge in [-0.2, -0.15) is 0 Å². The van der Waals surface area contributed by atoms with Crippen LogP contribution in [0.4, 0.5) is 8.78 Å². The molecule has 0 atom stereocenters. The predicted octanol–water partition coefficient (Wildman–Crippen LogP) is 4.86. The summed E-state index contributed by atoms with van der Waals surface area (Å²) >= 11 is 8.88. The zero-order valence-electron chi connectivity index (χ0n) is 8.88. The fourth-order valence-corrected chi connectivity index (χ4v) is 2.02. The minimum Gasteiger partial charge on any atom is -0.298 e. The molecule has 0 N–H and O–H groups in total. The van der Waals surface area contributed by atoms with E-state index in [4.69, 9.17) is 11.6 Å². The Bertz CT molecular complexity index is 629. The van der Waals surface area contributed by atoms with Crippen molar-refractivity contribution in [3.05, 3.63) is 57.0 Å². The largest absolute Gasteiger partial charge is 0.298 e. The van der Waals surface area contributed by atoms with E-state index in [-0.39, 0.29) is 16.1 Å². The van der Waals surface area contributed by atoms with Crippen LogP contribution in [0.25, 0.3) is 11.1 Å². The lowest BCUT2D eigenvalue weighted by Gasteiger charge is -2.07. The Morgan fingerprint density at radius 3 is 2.56 bits per heavy atom. The summed E-state index contributed by atoms with van der Waals surface area (Å²) in [5.41, 5.74) is 0.489. The van der Waals surface area contributed by atoms with Crippen molar-refractivity contribution in [2.45, 2.75) is 0 Å². The molecule has 92 valence electrons. The van der Waals surface area contributed by atoms with E-state index in [1.807, 2.05) is 0 Å². The standard InChI is InChI=1S/C13H6BrClF2O/c14-10-3-2-9(13(17)12(10)15)7-1-4-11(16)8(5-7)6-18/h1-6H. The summed E-state index contributed by atoms with van der Waals surface area (Å²) in [4.78, 5) is 10.6. The number of benzene rings is 2. The van der Waals surface area contributed by atoms with E-state index in [0.29, 0.717) is 16.3 Å². The Labute approximate surface area is 116 Å². The fourth-order valence-electron chi connectivity index (χ4n) is 1.55. The van der Waals surface area contributed by atoms with Gasteiger partial charge in [-0.25, -0.2) is 8.78 Å². The number of rotatable bonds is 2. The van der Waals surface area contributed by atoms with Crippen LogP contribution in [-0.2, 0) is 0 Å². The van der Waals surface area contributed by atoms with Crippen LogP contribution >= 0.6 is 27.5 Å². The van der Waals surface area contributed by atoms with Crippen molar-refractivity contribution in [1.82, 2.24) is 0 Å². The van der Waals surface area contributed by atoms with E-state index in [9.17, 15) is 13.6 Å². The Morgan fingerprint density at radius 2 is 1.89 bits per heavy atom. The first-order chi connectivity index (χ1) is 8.54. The highest BCUT2D eigenvalue weighted by atomic mass is 79.9. The molecule has 0 radical (unpaired) electrons. The van der Waals surface area contributed by atoms with Gasteiger partial charge in [-0.1, -0.05) is 23.7 Å². The van der Waals surface area contributed by atoms with E-state index in [0.717, 1.165) is 6.07 Å². The minimum absolute atomic E-state index is 0.0514. The summed E-state index contributed by atoms with van der Waals surface area (Å²) in [6, 6.07) is 6.89. The maximum Gasteiger partial charge on any atom is 0.153 e. The molecule has 0 aliphatic carbocycles. The number of halogens is 4. The first-order valence-electron chi connectivity index (χ1n) is 4.93. The van der Waals surface area contributed by atoms with Gasteiger partial charge >= 0.3 is 0 Å². The third-order valence-corrected chi connectivity index (χ3v) is 3.73. The van der Waals surface area contributed by atoms with Gasteiger partial charge < -0.3 is 0 Å². The van der Waals surface area contributed by atoms with Crippen LogP contribution in [-0.4, -0.2) is 6.29 Å². The van der Waals surface area contributed by atoms with Crippen LogP contribution < -0.4 is 0 Å². The smallest absolute Gasteiger partial charge is 0.153 e. The Balaban J connectivity index is 2.62. The molecule has 0 spiro atoms. The van der Waals surface area contributed by atoms with Crippen LogP contribution in [0.3, 0.4) is 0 Å². The maximum atomic E-state index is 13.9. The molecular formula is C13H6BrClF2O. The summed E-state index contributed by atoms with van der Waals surface area (Å²) in [6.07, 6.45) is 0.386. The van der Waals surface area contributed by atoms with E-state index < -0.39 is 11.6 Å². The molecule has 1 nitrogen and oxygen atoms in total. The van der Waals surface area contributed by atoms with Gasteiger partial charge in [-0.3, -0.25) is 4.79 Å². The molecule has 2 aromatic carbocycles. The van der Waals surface area contributed by atoms with E-state index >= 15 is 0 Å². The molecule has 0 aromatic heterocycles. The zero-order chi connectivity index (χ0) is 13.3. The lowest BCUT2D eigenvalue weighted by Crippen LogP contribution is -1.91. The molecule has 0 saturated heterocycles. The summed E-state index contributed by atoms with van der Waals surface area (Å²) in [5.74, 6) is -1.26. The maximum absolute atomic E-state index is 13.9. The molecule has 0 bridgehead atoms. The molecule has 0 saturated carbocycles. The highest BCUT2D eigenvalue weighted by Crippen LogP contribution is 2.33. The first-order valence-corrected chi connectivity index (χ1v) is 6.10. The van der Waals surface area contributed by atoms with Crippen molar-refractivity contribution in [3.63, 3.8) is 0 Å². The topological polar surface area (TPSA) is 17.1 Å². The predicted molar refractivity (Wildman–Crippen MR) is 69.9 cm³/mol. The molecule has 0 aliphatic rings. The molecule has 18 heavy (non-hydrogen) atoms. The molecule has 0 fully saturated rings. The van der Waals surface area contributed by atoms with Crippen LogP contribution in [0, 0.1) is 11.6 Å². The second-order valence-electron chi connectivity index (χ2n) is 3.58. The summed E-state index contributed by atoms with van der Waals surface area (Å²) in [6.45, 7) is 0. The molecule has 2 rings (SSSR count). The SMILES string of the molecule is O=Cc1cc(-c2ccc(Br)c(Cl)c2F)ccc1F. The Kier molecular flexibility index (Phi) is 3.78. The third-order valence-electron chi connectivity index (χ3n) is 2.47. The van der Waals surface area contributed by atoms with Crippen molar-refractivity contribution < 1.29 is 13.6 Å². The summed E-state index contributed by atoms with van der Waals surface area (Å²) in [7, 11) is 0. The van der Waals surface area contributed by atoms with Gasteiger partial charge in [0.1, 0.15) is 5.82 Å². The van der Waals surface area contributed by atoms with Crippen LogP contribution in [0.1, 0.15) is 10.4 Å². The molecule has 0 heterocycles. The van der Waals surface area contributed by atoms with Gasteiger partial charge in [0.2, 0.25) is 0 Å². The average molecular weight is 332 g/mol. The summed E-state index contributed by atoms with van der Waals surface area (Å²) in [5, 5.41) is -0.0514. The monoisotopic (exact) mass is 330 g/mol. The van der Waals surface area contributed by atoms with Gasteiger partial charge in [0.25, 0.3) is 0 Å². The first kappa shape index (κ1) is 13.2. The lowest BCUT2D eigenvalue weighted by atomic mass is 10.0. The molecule has 0 amide bonds. The number of carbonyl (C=O) groups excluding carboxylic acids is 1. The molecular weight excluding hydrogens is 325 g/mol. The van der Waals surface area contributed by atoms with Gasteiger partial charge in [0.15, 0.2) is 12.1 Å². The van der Waals surface area contributed by atoms with Crippen LogP contribution in [0.2, 0.25) is 5.02 Å². The van der Waals surface area contributed by atoms with Crippen molar-refractivity contribution in [3.8, 4) is 11.1 Å². The number of carbonyl (C=O) groups is 1. The highest BCUT2D eigenvalue weighted by Gasteiger charge is 2.13. The second kappa shape index (κ2) is 5.16. The van der Waals surface area contributed by atoms with E-state index in [1.165, 1.54) is 18.2 Å². The lowest BCUT2D eigenvalue weighted by molar-refractivity contribution is 0.112. The van der Waals surface area contributed by atoms with E-state index in [1.54, 1.807) is 6.07 Å². The quantitative estimate of drug-likeness (QED) is 0.567. The Hall–Kier alpha value is -1.26. The van der Waals surface area contributed by atoms with E-state index in [2.05, 4.69) is 15.9 Å². The van der Waals surface area contributed by atoms with Gasteiger partial charge in [-0.05, 0) is 39.7 Å². The van der Waals surface area contributed by atoms with Crippen molar-refractivity contribution in [1.29, 1.82) is 0 Å². The number of hydrogen-bond donors (Lipinski definition) is 0. The normalized spacial score (nSPS) is 10.4. The van der Waals surface area contributed by atoms with Gasteiger partial charge in [0, 0.05) is 10.0 Å². The van der Waals surface area contributed by atoms with Crippen LogP contribution in [0.15, 0.2) is 34.8 Å². The highest BCUT2D eigenvalue weighted by molar-refractivity contribution is 9.10. The number of aldehydes is 1. The molecule has 2 aromatic rings. The van der Waals surface area contributed by atoms with Crippen molar-refractivity contribution in [2.75, 3.05) is 0 Å². The zero-order valence-corrected chi connectivity index (χ0v) is 11.2. The molecule has 0 unspecified atom stereocenters.